The zero-order valence-corrected chi connectivity index (χ0v) is 17.7. The van der Waals surface area contributed by atoms with Crippen molar-refractivity contribution < 1.29 is 46.2 Å². The summed E-state index contributed by atoms with van der Waals surface area (Å²) >= 11 is 11.6. The van der Waals surface area contributed by atoms with Gasteiger partial charge in [-0.3, -0.25) is 9.78 Å². The first-order valence-corrected chi connectivity index (χ1v) is 8.16. The van der Waals surface area contributed by atoms with Crippen molar-refractivity contribution in [2.75, 3.05) is 0 Å². The molecule has 12 heteroatoms. The van der Waals surface area contributed by atoms with E-state index in [1.807, 2.05) is 0 Å². The molecule has 0 aliphatic carbocycles. The van der Waals surface area contributed by atoms with Gasteiger partial charge in [-0.2, -0.15) is 5.10 Å². The Morgan fingerprint density at radius 3 is 2.07 bits per heavy atom. The third-order valence-electron chi connectivity index (χ3n) is 2.37. The maximum atomic E-state index is 11.7. The minimum Gasteiger partial charge on any atom is -0.565 e. The number of carbonyl (C=O) groups excluding carboxylic acids is 3. The number of phenolic OH excluding ortho intramolecular Hbond substituents is 1. The van der Waals surface area contributed by atoms with Gasteiger partial charge in [-0.25, -0.2) is 5.43 Å². The van der Waals surface area contributed by atoms with Crippen LogP contribution in [0.4, 0.5) is 0 Å². The van der Waals surface area contributed by atoms with Gasteiger partial charge < -0.3 is 15.3 Å². The van der Waals surface area contributed by atoms with Crippen LogP contribution in [0.3, 0.4) is 0 Å². The quantitative estimate of drug-likeness (QED) is 0.288. The Morgan fingerprint density at radius 1 is 1.10 bits per heavy atom. The molecule has 0 bridgehead atoms. The Hall–Kier alpha value is -2.68. The molecule has 2 rings (SSSR count). The third-order valence-corrected chi connectivity index (χ3v) is 2.88. The van der Waals surface area contributed by atoms with Crippen LogP contribution in [0.2, 0.25) is 10.0 Å². The maximum Gasteiger partial charge on any atom is 2.00 e. The summed E-state index contributed by atoms with van der Waals surface area (Å²) in [4.78, 5) is 33.7. The normalized spacial score (nSPS) is 9.10. The summed E-state index contributed by atoms with van der Waals surface area (Å²) in [5.74, 6) is -1.71. The molecule has 0 unspecified atom stereocenters. The van der Waals surface area contributed by atoms with Crippen molar-refractivity contribution >= 4 is 47.3 Å². The summed E-state index contributed by atoms with van der Waals surface area (Å²) < 4.78 is 0. The number of rotatable bonds is 3. The second kappa shape index (κ2) is 15.3. The molecule has 158 valence electrons. The Bertz CT molecular complexity index is 831. The Balaban J connectivity index is 0. The largest absolute Gasteiger partial charge is 2.00 e. The average molecular weight is 491 g/mol. The van der Waals surface area contributed by atoms with E-state index in [-0.39, 0.29) is 27.3 Å². The number of phenols is 1. The molecule has 0 fully saturated rings. The molecule has 1 aromatic carbocycles. The van der Waals surface area contributed by atoms with Crippen molar-refractivity contribution in [1.29, 1.82) is 0 Å². The fraction of sp³-hybridized carbons (Fsp3) is 0.118. The van der Waals surface area contributed by atoms with Gasteiger partial charge in [0.05, 0.1) is 25.1 Å². The van der Waals surface area contributed by atoms with E-state index in [2.05, 4.69) is 15.5 Å². The zero-order chi connectivity index (χ0) is 21.7. The fourth-order valence-corrected chi connectivity index (χ4v) is 1.92. The number of hydrogen-bond donors (Lipinski definition) is 2. The van der Waals surface area contributed by atoms with Gasteiger partial charge in [0.2, 0.25) is 0 Å². The van der Waals surface area contributed by atoms with Gasteiger partial charge in [0.25, 0.3) is 5.91 Å². The van der Waals surface area contributed by atoms with E-state index in [9.17, 15) is 9.90 Å². The van der Waals surface area contributed by atoms with Crippen LogP contribution in [0.1, 0.15) is 29.8 Å². The van der Waals surface area contributed by atoms with Crippen molar-refractivity contribution in [2.24, 2.45) is 5.10 Å². The standard InChI is InChI=1S/C13H9Cl2N3O2.2C2H4O2.Ni/c14-10-5-9(12(19)11(15)6-10)7-17-18-13(20)8-1-3-16-4-2-8;2*1-2(3)4;/h1-7,19H,(H,18,20);2*1H3,(H,3,4);/q;;;+2/p+2/b17-7+;;;. The van der Waals surface area contributed by atoms with E-state index in [1.165, 1.54) is 44.6 Å². The second-order valence-electron chi connectivity index (χ2n) is 4.87. The van der Waals surface area contributed by atoms with Crippen molar-refractivity contribution in [1.82, 2.24) is 10.4 Å². The summed E-state index contributed by atoms with van der Waals surface area (Å²) in [7, 11) is 0. The Kier molecular flexibility index (Phi) is 15.0. The molecule has 0 saturated carbocycles. The topological polar surface area (TPSA) is 155 Å². The van der Waals surface area contributed by atoms with E-state index in [1.54, 1.807) is 12.1 Å². The van der Waals surface area contributed by atoms with Crippen molar-refractivity contribution in [2.45, 2.75) is 13.8 Å². The molecule has 0 atom stereocenters. The molecule has 1 aromatic heterocycles. The molecular formula is C17H19Cl2N3NiO6+4. The molecule has 1 amide bonds. The Labute approximate surface area is 186 Å². The number of hydrazone groups is 1. The van der Waals surface area contributed by atoms with Crippen LogP contribution in [0.15, 0.2) is 41.8 Å². The minimum atomic E-state index is -0.583. The molecular weight excluding hydrogens is 472 g/mol. The zero-order valence-electron chi connectivity index (χ0n) is 15.2. The number of pyridine rings is 1. The monoisotopic (exact) mass is 489 g/mol. The van der Waals surface area contributed by atoms with Crippen LogP contribution in [0, 0.1) is 0 Å². The van der Waals surface area contributed by atoms with Crippen molar-refractivity contribution in [3.8, 4) is 5.75 Å². The SMILES string of the molecule is CC(=O)[OH2+].CC(=O)[OH2+].O=C(N/N=C/c1cc(Cl)cc(Cl)c1O)c1ccncc1.[Ni+2]. The molecule has 6 N–H and O–H groups in total. The summed E-state index contributed by atoms with van der Waals surface area (Å²) in [5, 5.41) is 25.8. The predicted octanol–water partition coefficient (Wildman–Crippen LogP) is 1.37. The molecule has 0 aliphatic rings. The average Bonchev–Trinajstić information content (AvgIpc) is 2.58. The van der Waals surface area contributed by atoms with Gasteiger partial charge in [-0.05, 0) is 24.3 Å². The van der Waals surface area contributed by atoms with E-state index < -0.39 is 17.8 Å². The van der Waals surface area contributed by atoms with E-state index in [0.29, 0.717) is 16.1 Å². The van der Waals surface area contributed by atoms with Crippen molar-refractivity contribution in [3.63, 3.8) is 0 Å². The first-order valence-electron chi connectivity index (χ1n) is 7.40. The van der Waals surface area contributed by atoms with Crippen LogP contribution in [-0.2, 0) is 26.1 Å². The maximum absolute atomic E-state index is 11.7. The van der Waals surface area contributed by atoms with Gasteiger partial charge in [0.15, 0.2) is 0 Å². The Morgan fingerprint density at radius 2 is 1.59 bits per heavy atom. The molecule has 9 nitrogen and oxygen atoms in total. The molecule has 1 heterocycles. The van der Waals surface area contributed by atoms with Gasteiger partial charge >= 0.3 is 28.4 Å². The molecule has 0 aliphatic heterocycles. The van der Waals surface area contributed by atoms with Crippen LogP contribution in [0.5, 0.6) is 5.75 Å². The first kappa shape index (κ1) is 28.5. The molecule has 29 heavy (non-hydrogen) atoms. The number of halogens is 2. The number of amides is 1. The number of aromatic nitrogens is 1. The molecule has 0 saturated heterocycles. The predicted molar refractivity (Wildman–Crippen MR) is 106 cm³/mol. The number of hydrogen-bond acceptors (Lipinski definition) is 6. The summed E-state index contributed by atoms with van der Waals surface area (Å²) in [6, 6.07) is 5.99. The van der Waals surface area contributed by atoms with Crippen LogP contribution >= 0.6 is 23.2 Å². The molecule has 0 spiro atoms. The summed E-state index contributed by atoms with van der Waals surface area (Å²) in [5.41, 5.74) is 3.04. The number of carbonyl (C=O) groups is 3. The van der Waals surface area contributed by atoms with E-state index in [4.69, 9.17) is 43.0 Å². The van der Waals surface area contributed by atoms with Crippen LogP contribution in [0.25, 0.3) is 0 Å². The van der Waals surface area contributed by atoms with E-state index >= 15 is 0 Å². The van der Waals surface area contributed by atoms with Gasteiger partial charge in [0.1, 0.15) is 5.75 Å². The van der Waals surface area contributed by atoms with Gasteiger partial charge in [-0.1, -0.05) is 23.2 Å². The molecule has 0 radical (unpaired) electrons. The number of nitrogens with one attached hydrogen (secondary N) is 1. The van der Waals surface area contributed by atoms with Gasteiger partial charge in [-0.15, -0.1) is 0 Å². The van der Waals surface area contributed by atoms with E-state index in [0.717, 1.165) is 0 Å². The summed E-state index contributed by atoms with van der Waals surface area (Å²) in [6.45, 7) is 2.39. The third kappa shape index (κ3) is 14.0. The number of nitrogens with zero attached hydrogens (tertiary/aromatic N) is 2. The minimum absolute atomic E-state index is 0. The van der Waals surface area contributed by atoms with Crippen LogP contribution < -0.4 is 5.43 Å². The molecule has 2 aromatic rings. The second-order valence-corrected chi connectivity index (χ2v) is 5.72. The summed E-state index contributed by atoms with van der Waals surface area (Å²) in [6.07, 6.45) is 4.26. The number of aromatic hydroxyl groups is 1. The smallest absolute Gasteiger partial charge is 0.565 e. The van der Waals surface area contributed by atoms with Crippen molar-refractivity contribution in [3.05, 3.63) is 57.8 Å². The number of benzene rings is 1. The first-order chi connectivity index (χ1) is 13.0. The van der Waals surface area contributed by atoms with Crippen LogP contribution in [-0.4, -0.2) is 44.4 Å². The fourth-order valence-electron chi connectivity index (χ4n) is 1.41. The van der Waals surface area contributed by atoms with Gasteiger partial charge in [0, 0.05) is 38.1 Å².